The van der Waals surface area contributed by atoms with Crippen LogP contribution in [0.2, 0.25) is 5.04 Å². The van der Waals surface area contributed by atoms with E-state index >= 15 is 0 Å². The zero-order valence-electron chi connectivity index (χ0n) is 23.4. The molecule has 0 radical (unpaired) electrons. The molecule has 3 aromatic carbocycles. The number of nitrogens with zero attached hydrogens (tertiary/aromatic N) is 4. The summed E-state index contributed by atoms with van der Waals surface area (Å²) >= 11 is 3.43. The number of benzene rings is 3. The van der Waals surface area contributed by atoms with E-state index in [1.54, 1.807) is 16.7 Å². The predicted octanol–water partition coefficient (Wildman–Crippen LogP) is 5.17. The predicted molar refractivity (Wildman–Crippen MR) is 164 cm³/mol. The summed E-state index contributed by atoms with van der Waals surface area (Å²) in [7, 11) is -1.12. The van der Waals surface area contributed by atoms with Gasteiger partial charge < -0.3 is 9.16 Å². The van der Waals surface area contributed by atoms with Crippen molar-refractivity contribution in [1.29, 1.82) is 0 Å². The Bertz CT molecular complexity index is 1400. The van der Waals surface area contributed by atoms with Crippen molar-refractivity contribution >= 4 is 46.5 Å². The topological polar surface area (TPSA) is 69.5 Å². The first-order valence-corrected chi connectivity index (χ1v) is 16.2. The van der Waals surface area contributed by atoms with E-state index in [1.165, 1.54) is 10.4 Å². The number of carbonyl (C=O) groups is 1. The number of rotatable bonds is 8. The molecule has 9 heteroatoms. The summed E-state index contributed by atoms with van der Waals surface area (Å²) in [4.78, 5) is 19.7. The SMILES string of the molecule is COc1ccc(Cn2nc(Br)nc2N2CC(O[Si-](c3ccccc3)(c3ccccc3)C(C)(C)C)CCC2=O)cc1. The van der Waals surface area contributed by atoms with Crippen molar-refractivity contribution in [2.75, 3.05) is 18.6 Å². The quantitative estimate of drug-likeness (QED) is 0.255. The maximum atomic E-state index is 13.3. The molecule has 0 bridgehead atoms. The number of carbonyl (C=O) groups excluding carboxylic acids is 1. The monoisotopic (exact) mass is 618 g/mol. The van der Waals surface area contributed by atoms with Gasteiger partial charge in [-0.15, -0.1) is 10.1 Å². The third-order valence-electron chi connectivity index (χ3n) is 7.49. The summed E-state index contributed by atoms with van der Waals surface area (Å²) in [5, 5.41) is 6.85. The van der Waals surface area contributed by atoms with Crippen LogP contribution in [0.3, 0.4) is 0 Å². The van der Waals surface area contributed by atoms with Gasteiger partial charge in [0.15, 0.2) is 0 Å². The highest BCUT2D eigenvalue weighted by Gasteiger charge is 2.40. The van der Waals surface area contributed by atoms with Gasteiger partial charge in [-0.1, -0.05) is 93.6 Å². The third kappa shape index (κ3) is 5.63. The lowest BCUT2D eigenvalue weighted by Crippen LogP contribution is -2.68. The molecule has 0 saturated carbocycles. The van der Waals surface area contributed by atoms with E-state index in [9.17, 15) is 4.79 Å². The van der Waals surface area contributed by atoms with Crippen molar-refractivity contribution < 1.29 is 14.0 Å². The van der Waals surface area contributed by atoms with Gasteiger partial charge in [0, 0.05) is 12.5 Å². The van der Waals surface area contributed by atoms with E-state index in [1.807, 2.05) is 36.4 Å². The minimum Gasteiger partial charge on any atom is -0.554 e. The second-order valence-electron chi connectivity index (χ2n) is 11.1. The molecule has 0 spiro atoms. The molecule has 0 aliphatic carbocycles. The van der Waals surface area contributed by atoms with Crippen molar-refractivity contribution in [1.82, 2.24) is 14.8 Å². The maximum absolute atomic E-state index is 13.3. The number of ether oxygens (including phenoxy) is 1. The summed E-state index contributed by atoms with van der Waals surface area (Å²) < 4.78 is 14.9. The Morgan fingerprint density at radius 2 is 1.55 bits per heavy atom. The summed E-state index contributed by atoms with van der Waals surface area (Å²) in [6.07, 6.45) is 0.887. The molecule has 1 saturated heterocycles. The minimum absolute atomic E-state index is 0.0261. The number of hydrogen-bond donors (Lipinski definition) is 0. The van der Waals surface area contributed by atoms with Crippen LogP contribution in [0.5, 0.6) is 5.75 Å². The second kappa shape index (κ2) is 11.7. The Morgan fingerprint density at radius 3 is 2.10 bits per heavy atom. The number of aromatic nitrogens is 3. The first-order valence-electron chi connectivity index (χ1n) is 13.5. The Labute approximate surface area is 245 Å². The lowest BCUT2D eigenvalue weighted by Gasteiger charge is -2.58. The van der Waals surface area contributed by atoms with Crippen molar-refractivity contribution in [3.63, 3.8) is 0 Å². The van der Waals surface area contributed by atoms with Gasteiger partial charge in [-0.2, -0.15) is 15.4 Å². The highest BCUT2D eigenvalue weighted by atomic mass is 79.9. The first kappa shape index (κ1) is 28.3. The fourth-order valence-corrected chi connectivity index (χ4v) is 10.6. The average molecular weight is 620 g/mol. The van der Waals surface area contributed by atoms with E-state index in [0.29, 0.717) is 36.6 Å². The lowest BCUT2D eigenvalue weighted by atomic mass is 10.1. The molecule has 7 nitrogen and oxygen atoms in total. The van der Waals surface area contributed by atoms with E-state index in [4.69, 9.17) is 9.16 Å². The number of methoxy groups -OCH3 is 1. The number of piperidine rings is 1. The number of hydrogen-bond acceptors (Lipinski definition) is 5. The second-order valence-corrected chi connectivity index (χ2v) is 16.1. The van der Waals surface area contributed by atoms with Crippen LogP contribution in [0.4, 0.5) is 5.95 Å². The van der Waals surface area contributed by atoms with Gasteiger partial charge in [0.25, 0.3) is 0 Å². The molecule has 1 unspecified atom stereocenters. The van der Waals surface area contributed by atoms with E-state index in [-0.39, 0.29) is 17.0 Å². The molecule has 2 heterocycles. The van der Waals surface area contributed by atoms with Crippen LogP contribution in [0.25, 0.3) is 0 Å². The Hall–Kier alpha value is -3.27. The van der Waals surface area contributed by atoms with E-state index in [2.05, 4.69) is 95.3 Å². The Kier molecular flexibility index (Phi) is 8.25. The molecule has 1 atom stereocenters. The summed E-state index contributed by atoms with van der Waals surface area (Å²) in [6.45, 7) is 7.70. The highest BCUT2D eigenvalue weighted by molar-refractivity contribution is 9.10. The van der Waals surface area contributed by atoms with Gasteiger partial charge in [0.2, 0.25) is 16.6 Å². The summed E-state index contributed by atoms with van der Waals surface area (Å²) in [5.74, 6) is 1.33. The zero-order chi connectivity index (χ0) is 28.3. The van der Waals surface area contributed by atoms with Crippen LogP contribution < -0.4 is 20.0 Å². The molecule has 5 rings (SSSR count). The standard InChI is InChI=1S/C31H35BrN4O3Si/c1-31(2,3)40(26-11-7-5-8-12-26,27-13-9-6-10-14-27)39-25-19-20-28(37)35(22-25)30-33-29(32)34-36(30)21-23-15-17-24(38-4)18-16-23/h5-18,25H,19-22H2,1-4H3/q-1. The normalized spacial score (nSPS) is 16.3. The van der Waals surface area contributed by atoms with E-state index in [0.717, 1.165) is 11.3 Å². The number of halogens is 1. The molecule has 1 aromatic heterocycles. The molecule has 1 fully saturated rings. The largest absolute Gasteiger partial charge is 0.554 e. The fraction of sp³-hybridized carbons (Fsp3) is 0.323. The van der Waals surface area contributed by atoms with Crippen molar-refractivity contribution in [3.05, 3.63) is 95.2 Å². The van der Waals surface area contributed by atoms with Gasteiger partial charge in [-0.05, 0) is 40.0 Å². The Morgan fingerprint density at radius 1 is 0.950 bits per heavy atom. The van der Waals surface area contributed by atoms with Crippen LogP contribution in [0.15, 0.2) is 89.7 Å². The first-order chi connectivity index (χ1) is 19.2. The van der Waals surface area contributed by atoms with Crippen molar-refractivity contribution in [2.24, 2.45) is 0 Å². The molecule has 1 aliphatic heterocycles. The van der Waals surface area contributed by atoms with Crippen molar-refractivity contribution in [2.45, 2.75) is 51.3 Å². The number of amides is 1. The third-order valence-corrected chi connectivity index (χ3v) is 12.9. The molecular weight excluding hydrogens is 584 g/mol. The lowest BCUT2D eigenvalue weighted by molar-refractivity contribution is -0.120. The Balaban J connectivity index is 1.48. The minimum atomic E-state index is -2.77. The molecule has 4 aromatic rings. The van der Waals surface area contributed by atoms with Gasteiger partial charge in [0.1, 0.15) is 5.75 Å². The van der Waals surface area contributed by atoms with Gasteiger partial charge in [-0.25, -0.2) is 4.68 Å². The van der Waals surface area contributed by atoms with Crippen LogP contribution in [-0.2, 0) is 15.8 Å². The van der Waals surface area contributed by atoms with Crippen LogP contribution in [0.1, 0.15) is 39.2 Å². The molecule has 0 N–H and O–H groups in total. The van der Waals surface area contributed by atoms with Crippen molar-refractivity contribution in [3.8, 4) is 5.75 Å². The van der Waals surface area contributed by atoms with Gasteiger partial charge in [0.05, 0.1) is 28.5 Å². The fourth-order valence-electron chi connectivity index (χ4n) is 5.56. The smallest absolute Gasteiger partial charge is 0.232 e. The average Bonchev–Trinajstić information content (AvgIpc) is 3.32. The molecule has 40 heavy (non-hydrogen) atoms. The molecular formula is C31H35BrN4O3Si-. The molecule has 1 amide bonds. The van der Waals surface area contributed by atoms with Gasteiger partial charge in [-0.3, -0.25) is 9.69 Å². The highest BCUT2D eigenvalue weighted by Crippen LogP contribution is 2.39. The van der Waals surface area contributed by atoms with Crippen LogP contribution in [0, 0.1) is 0 Å². The summed E-state index contributed by atoms with van der Waals surface area (Å²) in [5.41, 5.74) is 1.03. The summed E-state index contributed by atoms with van der Waals surface area (Å²) in [6, 6.07) is 29.0. The van der Waals surface area contributed by atoms with Gasteiger partial charge >= 0.3 is 0 Å². The maximum Gasteiger partial charge on any atom is 0.232 e. The molecule has 1 aliphatic rings. The molecule has 209 valence electrons. The van der Waals surface area contributed by atoms with Crippen LogP contribution >= 0.6 is 15.9 Å². The van der Waals surface area contributed by atoms with Crippen LogP contribution in [-0.4, -0.2) is 48.7 Å². The number of anilines is 1. The zero-order valence-corrected chi connectivity index (χ0v) is 26.0. The van der Waals surface area contributed by atoms with E-state index < -0.39 is 8.32 Å².